The fourth-order valence-electron chi connectivity index (χ4n) is 4.38. The summed E-state index contributed by atoms with van der Waals surface area (Å²) in [5.74, 6) is 0. The topological polar surface area (TPSA) is 4.93 Å². The highest BCUT2D eigenvalue weighted by atomic mass is 32.1. The van der Waals surface area contributed by atoms with Crippen LogP contribution < -0.4 is 0 Å². The molecule has 0 atom stereocenters. The Kier molecular flexibility index (Phi) is 3.03. The molecular weight excluding hydrogens is 346 g/mol. The summed E-state index contributed by atoms with van der Waals surface area (Å²) in [6.07, 6.45) is 0. The third kappa shape index (κ3) is 1.99. The number of aryl methyl sites for hydroxylation is 1. The molecule has 0 amide bonds. The quantitative estimate of drug-likeness (QED) is 0.287. The summed E-state index contributed by atoms with van der Waals surface area (Å²) in [6, 6.07) is 30.7. The summed E-state index contributed by atoms with van der Waals surface area (Å²) in [7, 11) is 2.19. The number of nitrogens with zero attached hydrogens (tertiary/aromatic N) is 1. The molecule has 4 aromatic carbocycles. The lowest BCUT2D eigenvalue weighted by Crippen LogP contribution is -1.87. The maximum Gasteiger partial charge on any atom is 0.0670 e. The van der Waals surface area contributed by atoms with Crippen molar-refractivity contribution in [1.82, 2.24) is 4.57 Å². The van der Waals surface area contributed by atoms with Crippen LogP contribution in [0.25, 0.3) is 53.1 Å². The Morgan fingerprint density at radius 2 is 1.41 bits per heavy atom. The van der Waals surface area contributed by atoms with E-state index in [9.17, 15) is 0 Å². The summed E-state index contributed by atoms with van der Waals surface area (Å²) in [6.45, 7) is 0. The van der Waals surface area contributed by atoms with Crippen LogP contribution in [0.1, 0.15) is 0 Å². The maximum atomic E-state index is 2.40. The van der Waals surface area contributed by atoms with Gasteiger partial charge in [-0.25, -0.2) is 0 Å². The molecule has 27 heavy (non-hydrogen) atoms. The Balaban J connectivity index is 1.94. The minimum Gasteiger partial charge on any atom is -0.342 e. The van der Waals surface area contributed by atoms with Gasteiger partial charge in [-0.3, -0.25) is 0 Å². The molecule has 128 valence electrons. The lowest BCUT2D eigenvalue weighted by atomic mass is 9.97. The van der Waals surface area contributed by atoms with Gasteiger partial charge in [0.2, 0.25) is 0 Å². The van der Waals surface area contributed by atoms with E-state index in [1.54, 1.807) is 0 Å². The molecule has 2 aromatic heterocycles. The first-order valence-corrected chi connectivity index (χ1v) is 10.0. The fraction of sp³-hybridized carbons (Fsp3) is 0.0400. The minimum absolute atomic E-state index is 1.28. The number of hydrogen-bond acceptors (Lipinski definition) is 1. The summed E-state index contributed by atoms with van der Waals surface area (Å²) in [5, 5.41) is 5.39. The van der Waals surface area contributed by atoms with Crippen LogP contribution in [0.15, 0.2) is 84.9 Å². The second kappa shape index (κ2) is 5.45. The van der Waals surface area contributed by atoms with Gasteiger partial charge in [0.05, 0.1) is 10.2 Å². The molecule has 0 aliphatic carbocycles. The minimum atomic E-state index is 1.28. The van der Waals surface area contributed by atoms with Crippen LogP contribution in [0, 0.1) is 0 Å². The van der Waals surface area contributed by atoms with E-state index in [2.05, 4.69) is 96.5 Å². The number of fused-ring (bicyclic) bond motifs is 7. The Morgan fingerprint density at radius 3 is 2.26 bits per heavy atom. The van der Waals surface area contributed by atoms with Gasteiger partial charge in [0.15, 0.2) is 0 Å². The zero-order chi connectivity index (χ0) is 18.0. The van der Waals surface area contributed by atoms with Gasteiger partial charge in [-0.1, -0.05) is 66.7 Å². The van der Waals surface area contributed by atoms with Crippen molar-refractivity contribution in [2.24, 2.45) is 7.05 Å². The van der Waals surface area contributed by atoms with Crippen molar-refractivity contribution >= 4 is 53.3 Å². The molecule has 0 saturated carbocycles. The largest absolute Gasteiger partial charge is 0.342 e. The van der Waals surface area contributed by atoms with Gasteiger partial charge >= 0.3 is 0 Å². The fourth-order valence-corrected chi connectivity index (χ4v) is 5.70. The van der Waals surface area contributed by atoms with Gasteiger partial charge in [0.25, 0.3) is 0 Å². The van der Waals surface area contributed by atoms with E-state index >= 15 is 0 Å². The molecule has 2 heterocycles. The Morgan fingerprint density at radius 1 is 0.704 bits per heavy atom. The van der Waals surface area contributed by atoms with E-state index < -0.39 is 0 Å². The molecule has 2 heteroatoms. The highest BCUT2D eigenvalue weighted by molar-refractivity contribution is 7.26. The number of para-hydroxylation sites is 1. The first kappa shape index (κ1) is 15.0. The second-order valence-corrected chi connectivity index (χ2v) is 8.12. The van der Waals surface area contributed by atoms with Gasteiger partial charge in [-0.15, -0.1) is 11.3 Å². The zero-order valence-electron chi connectivity index (χ0n) is 14.9. The molecular formula is C25H17NS. The van der Waals surface area contributed by atoms with Gasteiger partial charge in [-0.2, -0.15) is 0 Å². The molecule has 0 fully saturated rings. The maximum absolute atomic E-state index is 2.40. The standard InChI is InChI=1S/C25H17NS/c1-26-21-13-7-5-11-17(21)20-15-19(16-9-3-2-4-10-16)23-18-12-6-8-14-22(18)27-25(23)24(20)26/h2-15H,1H3. The van der Waals surface area contributed by atoms with Crippen molar-refractivity contribution in [3.05, 3.63) is 84.9 Å². The van der Waals surface area contributed by atoms with Gasteiger partial charge in [0.1, 0.15) is 0 Å². The zero-order valence-corrected chi connectivity index (χ0v) is 15.8. The van der Waals surface area contributed by atoms with Crippen LogP contribution in [-0.4, -0.2) is 4.57 Å². The predicted molar refractivity (Wildman–Crippen MR) is 119 cm³/mol. The molecule has 6 aromatic rings. The molecule has 1 nitrogen and oxygen atoms in total. The number of rotatable bonds is 1. The lowest BCUT2D eigenvalue weighted by molar-refractivity contribution is 1.02. The predicted octanol–water partition coefficient (Wildman–Crippen LogP) is 7.37. The lowest BCUT2D eigenvalue weighted by Gasteiger charge is -2.08. The number of hydrogen-bond donors (Lipinski definition) is 0. The van der Waals surface area contributed by atoms with E-state index in [0.29, 0.717) is 0 Å². The Bertz CT molecular complexity index is 1470. The first-order valence-electron chi connectivity index (χ1n) is 9.20. The molecule has 6 rings (SSSR count). The van der Waals surface area contributed by atoms with Crippen molar-refractivity contribution in [3.8, 4) is 11.1 Å². The van der Waals surface area contributed by atoms with Crippen molar-refractivity contribution in [3.63, 3.8) is 0 Å². The van der Waals surface area contributed by atoms with Crippen LogP contribution in [0.4, 0.5) is 0 Å². The third-order valence-electron chi connectivity index (χ3n) is 5.60. The second-order valence-electron chi connectivity index (χ2n) is 7.06. The molecule has 0 spiro atoms. The molecule has 0 aliphatic rings. The average molecular weight is 363 g/mol. The summed E-state index contributed by atoms with van der Waals surface area (Å²) < 4.78 is 5.09. The molecule has 0 saturated heterocycles. The molecule has 0 radical (unpaired) electrons. The number of benzene rings is 4. The molecule has 0 unspecified atom stereocenters. The first-order chi connectivity index (χ1) is 13.3. The van der Waals surface area contributed by atoms with Gasteiger partial charge in [-0.05, 0) is 29.3 Å². The van der Waals surface area contributed by atoms with Gasteiger partial charge < -0.3 is 4.57 Å². The van der Waals surface area contributed by atoms with Crippen molar-refractivity contribution in [2.75, 3.05) is 0 Å². The van der Waals surface area contributed by atoms with Crippen LogP contribution in [-0.2, 0) is 7.05 Å². The summed E-state index contributed by atoms with van der Waals surface area (Å²) in [4.78, 5) is 0. The van der Waals surface area contributed by atoms with Crippen LogP contribution >= 0.6 is 11.3 Å². The van der Waals surface area contributed by atoms with Crippen LogP contribution in [0.3, 0.4) is 0 Å². The summed E-state index contributed by atoms with van der Waals surface area (Å²) in [5.41, 5.74) is 5.23. The monoisotopic (exact) mass is 363 g/mol. The average Bonchev–Trinajstić information content (AvgIpc) is 3.24. The molecule has 0 aliphatic heterocycles. The Labute approximate surface area is 161 Å². The smallest absolute Gasteiger partial charge is 0.0670 e. The summed E-state index contributed by atoms with van der Waals surface area (Å²) >= 11 is 1.91. The normalized spacial score (nSPS) is 11.9. The molecule has 0 N–H and O–H groups in total. The van der Waals surface area contributed by atoms with Gasteiger partial charge in [0, 0.05) is 38.8 Å². The van der Waals surface area contributed by atoms with Crippen molar-refractivity contribution in [2.45, 2.75) is 0 Å². The van der Waals surface area contributed by atoms with E-state index in [1.165, 1.54) is 53.1 Å². The SMILES string of the molecule is Cn1c2ccccc2c2cc(-c3ccccc3)c3c4ccccc4sc3c21. The highest BCUT2D eigenvalue weighted by Gasteiger charge is 2.18. The van der Waals surface area contributed by atoms with E-state index in [0.717, 1.165) is 0 Å². The van der Waals surface area contributed by atoms with E-state index in [-0.39, 0.29) is 0 Å². The van der Waals surface area contributed by atoms with E-state index in [4.69, 9.17) is 0 Å². The Hall–Kier alpha value is -3.10. The number of aromatic nitrogens is 1. The third-order valence-corrected chi connectivity index (χ3v) is 6.78. The van der Waals surface area contributed by atoms with E-state index in [1.807, 2.05) is 11.3 Å². The highest BCUT2D eigenvalue weighted by Crippen LogP contribution is 2.46. The van der Waals surface area contributed by atoms with Crippen LogP contribution in [0.5, 0.6) is 0 Å². The van der Waals surface area contributed by atoms with Crippen molar-refractivity contribution in [1.29, 1.82) is 0 Å². The van der Waals surface area contributed by atoms with Crippen molar-refractivity contribution < 1.29 is 0 Å². The van der Waals surface area contributed by atoms with Crippen LogP contribution in [0.2, 0.25) is 0 Å². The molecule has 0 bridgehead atoms. The number of thiophene rings is 1.